The van der Waals surface area contributed by atoms with Crippen molar-refractivity contribution in [2.45, 2.75) is 6.42 Å². The molecule has 0 aliphatic heterocycles. The summed E-state index contributed by atoms with van der Waals surface area (Å²) >= 11 is 0. The molecule has 0 unspecified atom stereocenters. The predicted octanol–water partition coefficient (Wildman–Crippen LogP) is -0.534. The van der Waals surface area contributed by atoms with E-state index in [4.69, 9.17) is 19.9 Å². The van der Waals surface area contributed by atoms with Gasteiger partial charge in [-0.05, 0) is 6.42 Å². The lowest BCUT2D eigenvalue weighted by Crippen LogP contribution is -2.13. The summed E-state index contributed by atoms with van der Waals surface area (Å²) in [6.07, 6.45) is 3.66. The Bertz CT molecular complexity index is 535. The third-order valence-corrected chi connectivity index (χ3v) is 2.34. The number of rotatable bonds is 9. The van der Waals surface area contributed by atoms with E-state index < -0.39 is 0 Å². The highest BCUT2D eigenvalue weighted by Crippen LogP contribution is 2.07. The zero-order valence-electron chi connectivity index (χ0n) is 11.7. The van der Waals surface area contributed by atoms with Crippen LogP contribution in [0.4, 0.5) is 5.95 Å². The molecule has 10 heteroatoms. The van der Waals surface area contributed by atoms with Crippen LogP contribution in [0.25, 0.3) is 5.95 Å². The lowest BCUT2D eigenvalue weighted by Gasteiger charge is -2.07. The van der Waals surface area contributed by atoms with Gasteiger partial charge in [-0.3, -0.25) is 0 Å². The molecule has 0 aliphatic rings. The molecule has 0 atom stereocenters. The minimum absolute atomic E-state index is 0.0477. The summed E-state index contributed by atoms with van der Waals surface area (Å²) < 4.78 is 17.0. The van der Waals surface area contributed by atoms with Crippen molar-refractivity contribution in [3.63, 3.8) is 0 Å². The molecule has 0 saturated carbocycles. The Morgan fingerprint density at radius 1 is 1.14 bits per heavy atom. The highest BCUT2D eigenvalue weighted by atomic mass is 16.5. The van der Waals surface area contributed by atoms with Crippen molar-refractivity contribution >= 4 is 5.95 Å². The van der Waals surface area contributed by atoms with Crippen molar-refractivity contribution in [1.82, 2.24) is 29.7 Å². The summed E-state index contributed by atoms with van der Waals surface area (Å²) in [5.41, 5.74) is 5.60. The van der Waals surface area contributed by atoms with Gasteiger partial charge in [0.1, 0.15) is 19.3 Å². The Morgan fingerprint density at radius 3 is 2.81 bits per heavy atom. The van der Waals surface area contributed by atoms with Gasteiger partial charge in [0.15, 0.2) is 0 Å². The van der Waals surface area contributed by atoms with Crippen LogP contribution in [0.1, 0.15) is 6.42 Å². The third-order valence-electron chi connectivity index (χ3n) is 2.34. The first-order valence-corrected chi connectivity index (χ1v) is 6.35. The van der Waals surface area contributed by atoms with Crippen molar-refractivity contribution in [2.75, 3.05) is 39.3 Å². The van der Waals surface area contributed by atoms with E-state index in [2.05, 4.69) is 25.0 Å². The van der Waals surface area contributed by atoms with Gasteiger partial charge in [0.2, 0.25) is 5.95 Å². The van der Waals surface area contributed by atoms with E-state index in [-0.39, 0.29) is 17.9 Å². The first-order chi connectivity index (χ1) is 10.3. The fourth-order valence-electron chi connectivity index (χ4n) is 1.44. The minimum Gasteiger partial charge on any atom is -0.461 e. The summed E-state index contributed by atoms with van der Waals surface area (Å²) in [6, 6.07) is 0.119. The Hall–Kier alpha value is -2.33. The average Bonchev–Trinajstić information content (AvgIpc) is 3.00. The maximum absolute atomic E-state index is 5.60. The van der Waals surface area contributed by atoms with Crippen LogP contribution >= 0.6 is 0 Å². The normalized spacial score (nSPS) is 10.7. The summed E-state index contributed by atoms with van der Waals surface area (Å²) in [5, 5.41) is 3.91. The molecular weight excluding hydrogens is 278 g/mol. The summed E-state index contributed by atoms with van der Waals surface area (Å²) in [7, 11) is 1.65. The molecule has 0 amide bonds. The minimum atomic E-state index is 0.0477. The van der Waals surface area contributed by atoms with Crippen LogP contribution in [0.3, 0.4) is 0 Å². The van der Waals surface area contributed by atoms with Crippen molar-refractivity contribution in [2.24, 2.45) is 0 Å². The molecule has 0 bridgehead atoms. The summed E-state index contributed by atoms with van der Waals surface area (Å²) in [6.45, 7) is 2.02. The first kappa shape index (κ1) is 15.1. The van der Waals surface area contributed by atoms with Gasteiger partial charge in [0.25, 0.3) is 5.95 Å². The molecule has 2 aromatic rings. The number of nitrogen functional groups attached to an aromatic ring is 1. The maximum atomic E-state index is 5.60. The molecule has 0 fully saturated rings. The van der Waals surface area contributed by atoms with Crippen LogP contribution in [0.15, 0.2) is 12.7 Å². The second-order valence-electron chi connectivity index (χ2n) is 3.92. The van der Waals surface area contributed by atoms with E-state index in [9.17, 15) is 0 Å². The van der Waals surface area contributed by atoms with E-state index in [0.29, 0.717) is 26.4 Å². The predicted molar refractivity (Wildman–Crippen MR) is 72.0 cm³/mol. The number of hydrogen-bond acceptors (Lipinski definition) is 9. The van der Waals surface area contributed by atoms with Gasteiger partial charge in [-0.2, -0.15) is 24.7 Å². The van der Waals surface area contributed by atoms with Crippen molar-refractivity contribution < 1.29 is 14.2 Å². The van der Waals surface area contributed by atoms with Crippen LogP contribution in [0.5, 0.6) is 6.01 Å². The van der Waals surface area contributed by atoms with Crippen LogP contribution in [0.2, 0.25) is 0 Å². The summed E-state index contributed by atoms with van der Waals surface area (Å²) in [5.74, 6) is 0.294. The molecule has 0 saturated heterocycles. The van der Waals surface area contributed by atoms with Crippen LogP contribution in [0, 0.1) is 0 Å². The molecule has 0 radical (unpaired) electrons. The molecule has 2 N–H and O–H groups in total. The molecule has 114 valence electrons. The van der Waals surface area contributed by atoms with Gasteiger partial charge >= 0.3 is 6.01 Å². The SMILES string of the molecule is COCCCOCCOc1nc(N)nc(-n2cncn2)n1. The average molecular weight is 295 g/mol. The molecule has 2 rings (SSSR count). The number of hydrogen-bond donors (Lipinski definition) is 1. The highest BCUT2D eigenvalue weighted by molar-refractivity contribution is 5.23. The first-order valence-electron chi connectivity index (χ1n) is 6.35. The lowest BCUT2D eigenvalue weighted by atomic mass is 10.5. The van der Waals surface area contributed by atoms with Gasteiger partial charge in [-0.25, -0.2) is 4.98 Å². The van der Waals surface area contributed by atoms with Crippen LogP contribution in [-0.2, 0) is 9.47 Å². The quantitative estimate of drug-likeness (QED) is 0.608. The van der Waals surface area contributed by atoms with E-state index in [1.807, 2.05) is 0 Å². The van der Waals surface area contributed by atoms with Gasteiger partial charge in [-0.15, -0.1) is 0 Å². The van der Waals surface area contributed by atoms with Gasteiger partial charge in [-0.1, -0.05) is 0 Å². The third kappa shape index (κ3) is 4.93. The molecule has 21 heavy (non-hydrogen) atoms. The fourth-order valence-corrected chi connectivity index (χ4v) is 1.44. The van der Waals surface area contributed by atoms with Crippen LogP contribution in [-0.4, -0.2) is 63.3 Å². The smallest absolute Gasteiger partial charge is 0.323 e. The molecule has 0 aromatic carbocycles. The number of aromatic nitrogens is 6. The number of nitrogens with zero attached hydrogens (tertiary/aromatic N) is 6. The Labute approximate surface area is 121 Å². The highest BCUT2D eigenvalue weighted by Gasteiger charge is 2.07. The Kier molecular flexibility index (Phi) is 5.79. The van der Waals surface area contributed by atoms with Gasteiger partial charge in [0.05, 0.1) is 6.61 Å². The maximum Gasteiger partial charge on any atom is 0.323 e. The lowest BCUT2D eigenvalue weighted by molar-refractivity contribution is 0.0783. The monoisotopic (exact) mass is 295 g/mol. The standard InChI is InChI=1S/C11H17N7O3/c1-19-3-2-4-20-5-6-21-11-16-9(12)15-10(17-11)18-8-13-7-14-18/h7-8H,2-6H2,1H3,(H2,12,15,16,17). The molecule has 2 aromatic heterocycles. The fraction of sp³-hybridized carbons (Fsp3) is 0.545. The zero-order valence-corrected chi connectivity index (χ0v) is 11.7. The molecular formula is C11H17N7O3. The van der Waals surface area contributed by atoms with Crippen molar-refractivity contribution in [3.8, 4) is 12.0 Å². The van der Waals surface area contributed by atoms with E-state index in [0.717, 1.165) is 6.42 Å². The Morgan fingerprint density at radius 2 is 2.05 bits per heavy atom. The van der Waals surface area contributed by atoms with E-state index in [1.165, 1.54) is 17.3 Å². The molecule has 0 spiro atoms. The van der Waals surface area contributed by atoms with Gasteiger partial charge in [0, 0.05) is 20.3 Å². The number of nitrogens with two attached hydrogens (primary N) is 1. The zero-order chi connectivity index (χ0) is 14.9. The second kappa shape index (κ2) is 8.07. The van der Waals surface area contributed by atoms with Crippen molar-refractivity contribution in [3.05, 3.63) is 12.7 Å². The second-order valence-corrected chi connectivity index (χ2v) is 3.92. The van der Waals surface area contributed by atoms with Crippen molar-refractivity contribution in [1.29, 1.82) is 0 Å². The molecule has 2 heterocycles. The van der Waals surface area contributed by atoms with E-state index >= 15 is 0 Å². The largest absolute Gasteiger partial charge is 0.461 e. The van der Waals surface area contributed by atoms with Crippen LogP contribution < -0.4 is 10.5 Å². The number of methoxy groups -OCH3 is 1. The van der Waals surface area contributed by atoms with E-state index in [1.54, 1.807) is 7.11 Å². The summed E-state index contributed by atoms with van der Waals surface area (Å²) in [4.78, 5) is 15.7. The molecule has 10 nitrogen and oxygen atoms in total. The topological polar surface area (TPSA) is 123 Å². The number of anilines is 1. The van der Waals surface area contributed by atoms with Gasteiger partial charge < -0.3 is 19.9 Å². The Balaban J connectivity index is 1.81. The number of ether oxygens (including phenoxy) is 3. The molecule has 0 aliphatic carbocycles.